The van der Waals surface area contributed by atoms with Crippen molar-refractivity contribution < 1.29 is 8.42 Å². The first-order valence-electron chi connectivity index (χ1n) is 7.19. The molecular weight excluding hydrogens is 280 g/mol. The van der Waals surface area contributed by atoms with Gasteiger partial charge < -0.3 is 5.32 Å². The molecule has 1 N–H and O–H groups in total. The molecule has 0 aromatic rings. The lowest BCUT2D eigenvalue weighted by Crippen LogP contribution is -2.48. The first-order chi connectivity index (χ1) is 8.84. The highest BCUT2D eigenvalue weighted by molar-refractivity contribution is 8.00. The fraction of sp³-hybridized carbons (Fsp3) is 1.00. The van der Waals surface area contributed by atoms with E-state index in [0.29, 0.717) is 17.8 Å². The van der Waals surface area contributed by atoms with Crippen LogP contribution in [-0.4, -0.2) is 54.7 Å². The standard InChI is InChI=1S/C13H28N2O2S2/c1-11(2)14-7-5-6-10-19(16,17)15-8-9-18-13(4)12(15)3/h11-14H,5-10H2,1-4H3. The third-order valence-corrected chi connectivity index (χ3v) is 6.94. The number of unbranched alkanes of at least 4 members (excludes halogenated alkanes) is 1. The zero-order chi connectivity index (χ0) is 14.5. The van der Waals surface area contributed by atoms with Gasteiger partial charge in [-0.25, -0.2) is 8.42 Å². The minimum atomic E-state index is -3.07. The van der Waals surface area contributed by atoms with Gasteiger partial charge in [0.1, 0.15) is 0 Å². The highest BCUT2D eigenvalue weighted by Crippen LogP contribution is 2.26. The molecule has 1 heterocycles. The highest BCUT2D eigenvalue weighted by atomic mass is 32.2. The summed E-state index contributed by atoms with van der Waals surface area (Å²) < 4.78 is 26.4. The molecule has 0 aromatic carbocycles. The monoisotopic (exact) mass is 308 g/mol. The van der Waals surface area contributed by atoms with E-state index in [1.54, 1.807) is 4.31 Å². The summed E-state index contributed by atoms with van der Waals surface area (Å²) in [6, 6.07) is 0.592. The van der Waals surface area contributed by atoms with Gasteiger partial charge in [0, 0.05) is 29.6 Å². The molecule has 1 fully saturated rings. The molecule has 1 saturated heterocycles. The van der Waals surface area contributed by atoms with Crippen molar-refractivity contribution >= 4 is 21.8 Å². The van der Waals surface area contributed by atoms with E-state index in [2.05, 4.69) is 26.1 Å². The van der Waals surface area contributed by atoms with Crippen LogP contribution in [0.1, 0.15) is 40.5 Å². The lowest BCUT2D eigenvalue weighted by molar-refractivity contribution is 0.339. The lowest BCUT2D eigenvalue weighted by Gasteiger charge is -2.36. The van der Waals surface area contributed by atoms with Gasteiger partial charge in [0.2, 0.25) is 10.0 Å². The Kier molecular flexibility index (Phi) is 7.14. The summed E-state index contributed by atoms with van der Waals surface area (Å²) in [6.45, 7) is 9.91. The molecule has 6 heteroatoms. The number of nitrogens with zero attached hydrogens (tertiary/aromatic N) is 1. The molecule has 2 atom stereocenters. The van der Waals surface area contributed by atoms with Crippen molar-refractivity contribution in [3.05, 3.63) is 0 Å². The largest absolute Gasteiger partial charge is 0.315 e. The Labute approximate surface area is 122 Å². The average molecular weight is 309 g/mol. The van der Waals surface area contributed by atoms with Gasteiger partial charge in [0.15, 0.2) is 0 Å². The molecule has 4 nitrogen and oxygen atoms in total. The molecule has 2 unspecified atom stereocenters. The van der Waals surface area contributed by atoms with Crippen molar-refractivity contribution in [1.29, 1.82) is 0 Å². The summed E-state index contributed by atoms with van der Waals surface area (Å²) in [5.41, 5.74) is 0. The second-order valence-electron chi connectivity index (χ2n) is 5.56. The molecule has 0 spiro atoms. The van der Waals surface area contributed by atoms with E-state index in [1.165, 1.54) is 0 Å². The van der Waals surface area contributed by atoms with E-state index < -0.39 is 10.0 Å². The Balaban J connectivity index is 2.38. The minimum absolute atomic E-state index is 0.123. The van der Waals surface area contributed by atoms with E-state index in [-0.39, 0.29) is 11.8 Å². The minimum Gasteiger partial charge on any atom is -0.315 e. The predicted molar refractivity (Wildman–Crippen MR) is 84.2 cm³/mol. The lowest BCUT2D eigenvalue weighted by atomic mass is 10.2. The molecule has 19 heavy (non-hydrogen) atoms. The normalized spacial score (nSPS) is 25.9. The van der Waals surface area contributed by atoms with Gasteiger partial charge in [0.25, 0.3) is 0 Å². The average Bonchev–Trinajstić information content (AvgIpc) is 2.31. The second-order valence-corrected chi connectivity index (χ2v) is 9.09. The van der Waals surface area contributed by atoms with Crippen LogP contribution in [-0.2, 0) is 10.0 Å². The maximum atomic E-state index is 12.3. The van der Waals surface area contributed by atoms with Crippen molar-refractivity contribution in [3.8, 4) is 0 Å². The Morgan fingerprint density at radius 2 is 2.00 bits per heavy atom. The molecule has 0 bridgehead atoms. The quantitative estimate of drug-likeness (QED) is 0.730. The first-order valence-corrected chi connectivity index (χ1v) is 9.85. The van der Waals surface area contributed by atoms with Crippen LogP contribution < -0.4 is 5.32 Å². The van der Waals surface area contributed by atoms with Crippen LogP contribution in [0.2, 0.25) is 0 Å². The SMILES string of the molecule is CC(C)NCCCCS(=O)(=O)N1CCSC(C)C1C. The summed E-state index contributed by atoms with van der Waals surface area (Å²) in [6.07, 6.45) is 1.66. The maximum Gasteiger partial charge on any atom is 0.214 e. The van der Waals surface area contributed by atoms with Gasteiger partial charge in [-0.1, -0.05) is 20.8 Å². The van der Waals surface area contributed by atoms with E-state index in [4.69, 9.17) is 0 Å². The van der Waals surface area contributed by atoms with Crippen LogP contribution in [0.3, 0.4) is 0 Å². The molecule has 0 aromatic heterocycles. The van der Waals surface area contributed by atoms with E-state index >= 15 is 0 Å². The fourth-order valence-corrected chi connectivity index (χ4v) is 5.37. The summed E-state index contributed by atoms with van der Waals surface area (Å²) in [5, 5.41) is 3.71. The number of rotatable bonds is 7. The summed E-state index contributed by atoms with van der Waals surface area (Å²) >= 11 is 1.87. The zero-order valence-corrected chi connectivity index (χ0v) is 14.2. The third-order valence-electron chi connectivity index (χ3n) is 3.56. The predicted octanol–water partition coefficient (Wildman–Crippen LogP) is 1.92. The summed E-state index contributed by atoms with van der Waals surface area (Å²) in [4.78, 5) is 0. The fourth-order valence-electron chi connectivity index (χ4n) is 2.22. The van der Waals surface area contributed by atoms with Crippen molar-refractivity contribution in [2.24, 2.45) is 0 Å². The van der Waals surface area contributed by atoms with Crippen LogP contribution in [0.15, 0.2) is 0 Å². The topological polar surface area (TPSA) is 49.4 Å². The van der Waals surface area contributed by atoms with Gasteiger partial charge in [-0.05, 0) is 26.3 Å². The molecule has 0 aliphatic carbocycles. The molecule has 1 aliphatic heterocycles. The molecule has 1 rings (SSSR count). The zero-order valence-electron chi connectivity index (χ0n) is 12.6. The maximum absolute atomic E-state index is 12.3. The van der Waals surface area contributed by atoms with Crippen LogP contribution >= 0.6 is 11.8 Å². The van der Waals surface area contributed by atoms with Crippen LogP contribution in [0.25, 0.3) is 0 Å². The molecule has 0 amide bonds. The van der Waals surface area contributed by atoms with Gasteiger partial charge in [-0.2, -0.15) is 16.1 Å². The molecular formula is C13H28N2O2S2. The van der Waals surface area contributed by atoms with Gasteiger partial charge in [-0.15, -0.1) is 0 Å². The third kappa shape index (κ3) is 5.61. The van der Waals surface area contributed by atoms with Crippen LogP contribution in [0.4, 0.5) is 0 Å². The molecule has 1 aliphatic rings. The van der Waals surface area contributed by atoms with Gasteiger partial charge >= 0.3 is 0 Å². The van der Waals surface area contributed by atoms with Crippen molar-refractivity contribution in [1.82, 2.24) is 9.62 Å². The Bertz CT molecular complexity index is 358. The smallest absolute Gasteiger partial charge is 0.214 e. The van der Waals surface area contributed by atoms with Gasteiger partial charge in [-0.3, -0.25) is 0 Å². The second kappa shape index (κ2) is 7.86. The van der Waals surface area contributed by atoms with E-state index in [9.17, 15) is 8.42 Å². The number of nitrogens with one attached hydrogen (secondary N) is 1. The Morgan fingerprint density at radius 1 is 1.32 bits per heavy atom. The molecule has 0 radical (unpaired) electrons. The van der Waals surface area contributed by atoms with E-state index in [0.717, 1.165) is 25.1 Å². The van der Waals surface area contributed by atoms with Crippen molar-refractivity contribution in [3.63, 3.8) is 0 Å². The summed E-state index contributed by atoms with van der Waals surface area (Å²) in [5.74, 6) is 1.20. The Hall–Kier alpha value is 0.220. The number of thioether (sulfide) groups is 1. The summed E-state index contributed by atoms with van der Waals surface area (Å²) in [7, 11) is -3.07. The number of hydrogen-bond acceptors (Lipinski definition) is 4. The number of hydrogen-bond donors (Lipinski definition) is 1. The van der Waals surface area contributed by atoms with Gasteiger partial charge in [0.05, 0.1) is 5.75 Å². The van der Waals surface area contributed by atoms with Crippen LogP contribution in [0, 0.1) is 0 Å². The first kappa shape index (κ1) is 17.3. The van der Waals surface area contributed by atoms with Crippen LogP contribution in [0.5, 0.6) is 0 Å². The highest BCUT2D eigenvalue weighted by Gasteiger charge is 2.33. The number of sulfonamides is 1. The van der Waals surface area contributed by atoms with E-state index in [1.807, 2.05) is 18.7 Å². The Morgan fingerprint density at radius 3 is 2.63 bits per heavy atom. The van der Waals surface area contributed by atoms with Crippen molar-refractivity contribution in [2.75, 3.05) is 24.6 Å². The van der Waals surface area contributed by atoms with Crippen molar-refractivity contribution in [2.45, 2.75) is 57.9 Å². The molecule has 114 valence electrons. The molecule has 0 saturated carbocycles.